The number of aromatic nitrogens is 1. The third kappa shape index (κ3) is 3.82. The number of likely N-dealkylation sites (N-methyl/N-ethyl adjacent to an activating group) is 1. The number of piperazine rings is 1. The maximum Gasteiger partial charge on any atom is 0.317 e. The van der Waals surface area contributed by atoms with Crippen molar-refractivity contribution >= 4 is 23.1 Å². The fraction of sp³-hybridized carbons (Fsp3) is 0.400. The van der Waals surface area contributed by atoms with Crippen molar-refractivity contribution in [3.63, 3.8) is 0 Å². The molecule has 1 saturated heterocycles. The lowest BCUT2D eigenvalue weighted by atomic mass is 10.2. The largest absolute Gasteiger partial charge is 0.468 e. The van der Waals surface area contributed by atoms with Gasteiger partial charge in [-0.2, -0.15) is 4.98 Å². The third-order valence-electron chi connectivity index (χ3n) is 5.06. The van der Waals surface area contributed by atoms with E-state index in [0.717, 1.165) is 16.9 Å². The number of nitrogens with one attached hydrogen (secondary N) is 1. The van der Waals surface area contributed by atoms with Crippen molar-refractivity contribution < 1.29 is 13.6 Å². The fourth-order valence-corrected chi connectivity index (χ4v) is 3.41. The molecule has 1 N–H and O–H groups in total. The number of hydrogen-bond acceptors (Lipinski definition) is 6. The number of fused-ring (bicyclic) bond motifs is 1. The highest BCUT2D eigenvalue weighted by molar-refractivity contribution is 5.75. The van der Waals surface area contributed by atoms with Gasteiger partial charge in [-0.3, -0.25) is 4.90 Å². The van der Waals surface area contributed by atoms with Gasteiger partial charge in [-0.25, -0.2) is 4.79 Å². The zero-order chi connectivity index (χ0) is 19.5. The Bertz CT molecular complexity index is 880. The fourth-order valence-electron chi connectivity index (χ4n) is 3.41. The van der Waals surface area contributed by atoms with E-state index in [9.17, 15) is 4.79 Å². The highest BCUT2D eigenvalue weighted by atomic mass is 16.4. The van der Waals surface area contributed by atoms with E-state index in [1.165, 1.54) is 0 Å². The molecule has 3 heterocycles. The normalized spacial score (nSPS) is 16.0. The molecule has 0 unspecified atom stereocenters. The van der Waals surface area contributed by atoms with Crippen molar-refractivity contribution in [3.8, 4) is 0 Å². The van der Waals surface area contributed by atoms with Crippen LogP contribution in [0.25, 0.3) is 11.1 Å². The lowest BCUT2D eigenvalue weighted by Crippen LogP contribution is -2.52. The molecule has 2 amide bonds. The van der Waals surface area contributed by atoms with Crippen LogP contribution >= 0.6 is 0 Å². The Kier molecular flexibility index (Phi) is 5.21. The third-order valence-corrected chi connectivity index (χ3v) is 5.06. The van der Waals surface area contributed by atoms with Gasteiger partial charge in [0.1, 0.15) is 11.3 Å². The van der Waals surface area contributed by atoms with Gasteiger partial charge < -0.3 is 24.0 Å². The summed E-state index contributed by atoms with van der Waals surface area (Å²) in [6, 6.07) is 12.1. The van der Waals surface area contributed by atoms with Gasteiger partial charge in [-0.05, 0) is 38.4 Å². The van der Waals surface area contributed by atoms with E-state index in [4.69, 9.17) is 8.83 Å². The summed E-state index contributed by atoms with van der Waals surface area (Å²) >= 11 is 0. The Hall–Kier alpha value is -3.00. The van der Waals surface area contributed by atoms with Gasteiger partial charge in [0.05, 0.1) is 12.3 Å². The Labute approximate surface area is 163 Å². The maximum absolute atomic E-state index is 12.6. The minimum absolute atomic E-state index is 0.0000116. The molecule has 1 aromatic carbocycles. The van der Waals surface area contributed by atoms with E-state index in [0.29, 0.717) is 38.7 Å². The van der Waals surface area contributed by atoms with Gasteiger partial charge >= 0.3 is 6.03 Å². The van der Waals surface area contributed by atoms with Crippen LogP contribution in [0.3, 0.4) is 0 Å². The van der Waals surface area contributed by atoms with Crippen LogP contribution in [0, 0.1) is 0 Å². The van der Waals surface area contributed by atoms with E-state index in [1.807, 2.05) is 60.3 Å². The summed E-state index contributed by atoms with van der Waals surface area (Å²) in [5.41, 5.74) is 1.63. The minimum atomic E-state index is -0.0596. The Morgan fingerprint density at radius 2 is 1.96 bits per heavy atom. The number of anilines is 1. The van der Waals surface area contributed by atoms with Crippen LogP contribution in [-0.4, -0.2) is 67.6 Å². The monoisotopic (exact) mass is 383 g/mol. The Balaban J connectivity index is 1.31. The molecule has 8 nitrogen and oxygen atoms in total. The molecule has 28 heavy (non-hydrogen) atoms. The standard InChI is InChI=1S/C20H25N5O3/c1-23(2)16(18-8-5-13-27-18)14-21-19(26)24-9-11-25(12-10-24)20-22-15-6-3-4-7-17(15)28-20/h3-8,13,16H,9-12,14H2,1-2H3,(H,21,26)/t16-/m1/s1. The zero-order valence-corrected chi connectivity index (χ0v) is 16.2. The van der Waals surface area contributed by atoms with Crippen LogP contribution in [0.2, 0.25) is 0 Å². The van der Waals surface area contributed by atoms with Crippen molar-refractivity contribution in [3.05, 3.63) is 48.4 Å². The molecule has 3 aromatic rings. The van der Waals surface area contributed by atoms with E-state index >= 15 is 0 Å². The number of nitrogens with zero attached hydrogens (tertiary/aromatic N) is 4. The summed E-state index contributed by atoms with van der Waals surface area (Å²) in [5.74, 6) is 0.839. The smallest absolute Gasteiger partial charge is 0.317 e. The summed E-state index contributed by atoms with van der Waals surface area (Å²) in [5, 5.41) is 3.03. The van der Waals surface area contributed by atoms with Gasteiger partial charge in [0.15, 0.2) is 5.58 Å². The minimum Gasteiger partial charge on any atom is -0.468 e. The van der Waals surface area contributed by atoms with Gasteiger partial charge in [0.2, 0.25) is 0 Å². The highest BCUT2D eigenvalue weighted by Gasteiger charge is 2.25. The molecule has 1 atom stereocenters. The summed E-state index contributed by atoms with van der Waals surface area (Å²) in [6.45, 7) is 3.12. The quantitative estimate of drug-likeness (QED) is 0.730. The molecule has 1 aliphatic rings. The Morgan fingerprint density at radius 3 is 2.64 bits per heavy atom. The van der Waals surface area contributed by atoms with Crippen molar-refractivity contribution in [2.24, 2.45) is 0 Å². The lowest BCUT2D eigenvalue weighted by molar-refractivity contribution is 0.185. The molecule has 0 aliphatic carbocycles. The van der Waals surface area contributed by atoms with Gasteiger partial charge in [0, 0.05) is 32.7 Å². The van der Waals surface area contributed by atoms with E-state index in [2.05, 4.69) is 15.2 Å². The van der Waals surface area contributed by atoms with Crippen LogP contribution in [0.5, 0.6) is 0 Å². The number of carbonyl (C=O) groups is 1. The molecule has 2 aromatic heterocycles. The molecular weight excluding hydrogens is 358 g/mol. The van der Waals surface area contributed by atoms with Crippen molar-refractivity contribution in [2.75, 3.05) is 51.7 Å². The number of hydrogen-bond donors (Lipinski definition) is 1. The Morgan fingerprint density at radius 1 is 1.18 bits per heavy atom. The zero-order valence-electron chi connectivity index (χ0n) is 16.2. The number of urea groups is 1. The number of carbonyl (C=O) groups excluding carboxylic acids is 1. The molecule has 1 fully saturated rings. The summed E-state index contributed by atoms with van der Waals surface area (Å²) in [7, 11) is 3.94. The highest BCUT2D eigenvalue weighted by Crippen LogP contribution is 2.22. The molecule has 0 bridgehead atoms. The molecule has 0 spiro atoms. The predicted molar refractivity (Wildman–Crippen MR) is 106 cm³/mol. The van der Waals surface area contributed by atoms with E-state index in [-0.39, 0.29) is 12.1 Å². The average molecular weight is 383 g/mol. The topological polar surface area (TPSA) is 78.0 Å². The van der Waals surface area contributed by atoms with Crippen LogP contribution < -0.4 is 10.2 Å². The van der Waals surface area contributed by atoms with Crippen LogP contribution in [-0.2, 0) is 0 Å². The molecule has 1 aliphatic heterocycles. The van der Waals surface area contributed by atoms with Crippen molar-refractivity contribution in [1.29, 1.82) is 0 Å². The molecule has 0 saturated carbocycles. The predicted octanol–water partition coefficient (Wildman–Crippen LogP) is 2.56. The maximum atomic E-state index is 12.6. The molecule has 0 radical (unpaired) electrons. The summed E-state index contributed by atoms with van der Waals surface area (Å²) in [4.78, 5) is 23.1. The number of benzene rings is 1. The first-order valence-corrected chi connectivity index (χ1v) is 9.45. The summed E-state index contributed by atoms with van der Waals surface area (Å²) < 4.78 is 11.3. The molecule has 4 rings (SSSR count). The molecular formula is C20H25N5O3. The molecule has 148 valence electrons. The van der Waals surface area contributed by atoms with E-state index < -0.39 is 0 Å². The van der Waals surface area contributed by atoms with Crippen LogP contribution in [0.15, 0.2) is 51.5 Å². The van der Waals surface area contributed by atoms with Crippen molar-refractivity contribution in [2.45, 2.75) is 6.04 Å². The van der Waals surface area contributed by atoms with Crippen molar-refractivity contribution in [1.82, 2.24) is 20.1 Å². The van der Waals surface area contributed by atoms with Gasteiger partial charge in [0.25, 0.3) is 6.01 Å². The van der Waals surface area contributed by atoms with Gasteiger partial charge in [-0.1, -0.05) is 12.1 Å². The van der Waals surface area contributed by atoms with Crippen LogP contribution in [0.4, 0.5) is 10.8 Å². The number of furan rings is 1. The number of para-hydroxylation sites is 2. The van der Waals surface area contributed by atoms with Gasteiger partial charge in [-0.15, -0.1) is 0 Å². The van der Waals surface area contributed by atoms with E-state index in [1.54, 1.807) is 6.26 Å². The number of amides is 2. The first-order chi connectivity index (χ1) is 13.6. The second-order valence-electron chi connectivity index (χ2n) is 7.12. The second kappa shape index (κ2) is 7.93. The average Bonchev–Trinajstić information content (AvgIpc) is 3.37. The summed E-state index contributed by atoms with van der Waals surface area (Å²) in [6.07, 6.45) is 1.65. The lowest BCUT2D eigenvalue weighted by Gasteiger charge is -2.34. The molecule has 8 heteroatoms. The SMILES string of the molecule is CN(C)[C@H](CNC(=O)N1CCN(c2nc3ccccc3o2)CC1)c1ccco1. The number of oxazole rings is 1. The first kappa shape index (κ1) is 18.4. The number of rotatable bonds is 5. The second-order valence-corrected chi connectivity index (χ2v) is 7.12. The van der Waals surface area contributed by atoms with Crippen LogP contribution in [0.1, 0.15) is 11.8 Å². The first-order valence-electron chi connectivity index (χ1n) is 9.45.